The molecule has 0 heterocycles. The van der Waals surface area contributed by atoms with Crippen molar-refractivity contribution in [1.29, 1.82) is 0 Å². The van der Waals surface area contributed by atoms with Crippen molar-refractivity contribution in [3.05, 3.63) is 42.5 Å². The smallest absolute Gasteiger partial charge is 1.00 e. The van der Waals surface area contributed by atoms with Gasteiger partial charge in [0, 0.05) is 0 Å². The molecule has 0 amide bonds. The van der Waals surface area contributed by atoms with Crippen molar-refractivity contribution in [3.8, 4) is 5.75 Å². The average Bonchev–Trinajstić information content (AvgIpc) is 2.06. The second kappa shape index (κ2) is 5.32. The second-order valence-corrected chi connectivity index (χ2v) is 2.48. The van der Waals surface area contributed by atoms with Crippen LogP contribution in [0.2, 0.25) is 0 Å². The van der Waals surface area contributed by atoms with Crippen molar-refractivity contribution in [2.24, 2.45) is 0 Å². The molecule has 2 rings (SSSR count). The van der Waals surface area contributed by atoms with E-state index in [-0.39, 0.29) is 41.2 Å². The van der Waals surface area contributed by atoms with Gasteiger partial charge in [0.05, 0.1) is 0 Å². The zero-order valence-electron chi connectivity index (χ0n) is 7.03. The minimum absolute atomic E-state index is 0. The van der Waals surface area contributed by atoms with Crippen LogP contribution in [0.25, 0.3) is 10.8 Å². The van der Waals surface area contributed by atoms with Crippen LogP contribution in [-0.4, -0.2) is 23.1 Å². The Kier molecular flexibility index (Phi) is 5.14. The van der Waals surface area contributed by atoms with Gasteiger partial charge >= 0.3 is 23.1 Å². The Bertz CT molecular complexity index is 384. The largest absolute Gasteiger partial charge is 2.00 e. The molecule has 0 bridgehead atoms. The van der Waals surface area contributed by atoms with Gasteiger partial charge in [0.25, 0.3) is 0 Å². The van der Waals surface area contributed by atoms with Crippen LogP contribution < -0.4 is 17.5 Å². The summed E-state index contributed by atoms with van der Waals surface area (Å²) in [6, 6.07) is 12.9. The van der Waals surface area contributed by atoms with Crippen LogP contribution in [-0.2, 0) is 0 Å². The van der Waals surface area contributed by atoms with E-state index < -0.39 is 0 Å². The van der Waals surface area contributed by atoms with Gasteiger partial charge in [-0.2, -0.15) is 0 Å². The number of fused-ring (bicyclic) bond motifs is 1. The molecule has 0 N–H and O–H groups in total. The SMILES string of the molecule is [Cl-].[Mg+2].[O-]c1cccc2ccccc12. The third-order valence-corrected chi connectivity index (χ3v) is 1.75. The summed E-state index contributed by atoms with van der Waals surface area (Å²) in [5, 5.41) is 13.0. The summed E-state index contributed by atoms with van der Waals surface area (Å²) in [6.07, 6.45) is 0. The van der Waals surface area contributed by atoms with Gasteiger partial charge in [0.2, 0.25) is 0 Å². The zero-order valence-corrected chi connectivity index (χ0v) is 9.20. The minimum Gasteiger partial charge on any atom is -1.00 e. The van der Waals surface area contributed by atoms with Gasteiger partial charge in [-0.25, -0.2) is 0 Å². The molecule has 0 atom stereocenters. The van der Waals surface area contributed by atoms with Crippen molar-refractivity contribution in [3.63, 3.8) is 0 Å². The van der Waals surface area contributed by atoms with Gasteiger partial charge in [-0.3, -0.25) is 0 Å². The van der Waals surface area contributed by atoms with Crippen LogP contribution in [0.3, 0.4) is 0 Å². The molecule has 0 aromatic heterocycles. The Hall–Kier alpha value is -0.444. The summed E-state index contributed by atoms with van der Waals surface area (Å²) in [4.78, 5) is 0. The molecule has 0 fully saturated rings. The molecule has 0 spiro atoms. The van der Waals surface area contributed by atoms with E-state index in [1.807, 2.05) is 30.3 Å². The van der Waals surface area contributed by atoms with Crippen LogP contribution in [0.4, 0.5) is 0 Å². The molecule has 0 saturated carbocycles. The van der Waals surface area contributed by atoms with Crippen molar-refractivity contribution in [1.82, 2.24) is 0 Å². The maximum atomic E-state index is 11.2. The first-order valence-corrected chi connectivity index (χ1v) is 3.53. The van der Waals surface area contributed by atoms with Gasteiger partial charge in [0.1, 0.15) is 0 Å². The topological polar surface area (TPSA) is 23.1 Å². The first kappa shape index (κ1) is 12.6. The van der Waals surface area contributed by atoms with Crippen LogP contribution in [0.15, 0.2) is 42.5 Å². The molecule has 0 radical (unpaired) electrons. The molecule has 0 aliphatic carbocycles. The van der Waals surface area contributed by atoms with E-state index in [2.05, 4.69) is 0 Å². The second-order valence-electron chi connectivity index (χ2n) is 2.48. The number of rotatable bonds is 0. The average molecular weight is 203 g/mol. The van der Waals surface area contributed by atoms with Crippen molar-refractivity contribution >= 4 is 33.8 Å². The molecule has 0 aliphatic rings. The van der Waals surface area contributed by atoms with Crippen LogP contribution in [0, 0.1) is 0 Å². The van der Waals surface area contributed by atoms with Gasteiger partial charge in [-0.15, -0.1) is 5.75 Å². The van der Waals surface area contributed by atoms with Gasteiger partial charge in [-0.05, 0) is 10.8 Å². The van der Waals surface area contributed by atoms with Crippen LogP contribution >= 0.6 is 0 Å². The fourth-order valence-electron chi connectivity index (χ4n) is 1.20. The summed E-state index contributed by atoms with van der Waals surface area (Å²) >= 11 is 0. The summed E-state index contributed by atoms with van der Waals surface area (Å²) in [5.41, 5.74) is 0. The van der Waals surface area contributed by atoms with E-state index in [1.54, 1.807) is 12.1 Å². The van der Waals surface area contributed by atoms with Crippen LogP contribution in [0.1, 0.15) is 0 Å². The Balaban J connectivity index is 0.000000720. The van der Waals surface area contributed by atoms with Crippen molar-refractivity contribution in [2.75, 3.05) is 0 Å². The van der Waals surface area contributed by atoms with E-state index in [0.29, 0.717) is 0 Å². The number of benzene rings is 2. The third kappa shape index (κ3) is 2.50. The first-order chi connectivity index (χ1) is 5.38. The predicted octanol–water partition coefficient (Wildman–Crippen LogP) is -1.46. The number of hydrogen-bond donors (Lipinski definition) is 0. The van der Waals surface area contributed by atoms with E-state index in [9.17, 15) is 5.11 Å². The summed E-state index contributed by atoms with van der Waals surface area (Å²) in [5.74, 6) is 0.100. The minimum atomic E-state index is 0. The Morgan fingerprint density at radius 3 is 2.15 bits per heavy atom. The Morgan fingerprint density at radius 2 is 1.46 bits per heavy atom. The molecule has 3 heteroatoms. The van der Waals surface area contributed by atoms with Gasteiger partial charge in [0.15, 0.2) is 0 Å². The van der Waals surface area contributed by atoms with Gasteiger partial charge in [-0.1, -0.05) is 42.5 Å². The quantitative estimate of drug-likeness (QED) is 0.479. The fourth-order valence-corrected chi connectivity index (χ4v) is 1.20. The first-order valence-electron chi connectivity index (χ1n) is 3.53. The number of halogens is 1. The van der Waals surface area contributed by atoms with E-state index in [4.69, 9.17) is 0 Å². The monoisotopic (exact) mass is 202 g/mol. The molecule has 1 nitrogen and oxygen atoms in total. The molecular weight excluding hydrogens is 196 g/mol. The summed E-state index contributed by atoms with van der Waals surface area (Å²) < 4.78 is 0. The molecule has 13 heavy (non-hydrogen) atoms. The molecular formula is C10H7ClMgO. The Labute approximate surface area is 99.3 Å². The zero-order chi connectivity index (χ0) is 7.68. The van der Waals surface area contributed by atoms with E-state index in [1.165, 1.54) is 0 Å². The maximum absolute atomic E-state index is 11.2. The molecule has 62 valence electrons. The molecule has 0 saturated heterocycles. The predicted molar refractivity (Wildman–Crippen MR) is 49.1 cm³/mol. The number of hydrogen-bond acceptors (Lipinski definition) is 1. The van der Waals surface area contributed by atoms with Crippen molar-refractivity contribution < 1.29 is 17.5 Å². The molecule has 0 aliphatic heterocycles. The fraction of sp³-hybridized carbons (Fsp3) is 0. The third-order valence-electron chi connectivity index (χ3n) is 1.75. The molecule has 2 aromatic rings. The van der Waals surface area contributed by atoms with Gasteiger partial charge < -0.3 is 17.5 Å². The van der Waals surface area contributed by atoms with Crippen molar-refractivity contribution in [2.45, 2.75) is 0 Å². The van der Waals surface area contributed by atoms with E-state index in [0.717, 1.165) is 10.8 Å². The maximum Gasteiger partial charge on any atom is 2.00 e. The normalized spacial score (nSPS) is 8.62. The molecule has 2 aromatic carbocycles. The Morgan fingerprint density at radius 1 is 0.846 bits per heavy atom. The van der Waals surface area contributed by atoms with Crippen LogP contribution in [0.5, 0.6) is 5.75 Å². The van der Waals surface area contributed by atoms with E-state index >= 15 is 0 Å². The summed E-state index contributed by atoms with van der Waals surface area (Å²) in [6.45, 7) is 0. The summed E-state index contributed by atoms with van der Waals surface area (Å²) in [7, 11) is 0. The molecule has 0 unspecified atom stereocenters. The standard InChI is InChI=1S/C10H8O.ClH.Mg/c11-10-7-3-5-8-4-1-2-6-9(8)10;;/h1-7,11H;1H;/q;;+2/p-2.